The van der Waals surface area contributed by atoms with Crippen molar-refractivity contribution in [2.45, 2.75) is 43.4 Å². The summed E-state index contributed by atoms with van der Waals surface area (Å²) in [5.74, 6) is 0.219. The van der Waals surface area contributed by atoms with Crippen molar-refractivity contribution in [3.8, 4) is 0 Å². The molecule has 2 amide bonds. The second-order valence-corrected chi connectivity index (χ2v) is 8.38. The summed E-state index contributed by atoms with van der Waals surface area (Å²) in [4.78, 5) is 34.3. The zero-order valence-electron chi connectivity index (χ0n) is 16.7. The molecule has 6 nitrogen and oxygen atoms in total. The Morgan fingerprint density at radius 2 is 1.89 bits per heavy atom. The summed E-state index contributed by atoms with van der Waals surface area (Å²) in [5, 5.41) is 3.60. The molecule has 3 rings (SSSR count). The Balaban J connectivity index is 1.36. The summed E-state index contributed by atoms with van der Waals surface area (Å²) in [6.45, 7) is 3.87. The van der Waals surface area contributed by atoms with E-state index in [4.69, 9.17) is 0 Å². The van der Waals surface area contributed by atoms with Gasteiger partial charge in [0.05, 0.1) is 13.1 Å². The number of nitrogens with zero attached hydrogens (tertiary/aromatic N) is 3. The van der Waals surface area contributed by atoms with Crippen LogP contribution in [0.3, 0.4) is 0 Å². The summed E-state index contributed by atoms with van der Waals surface area (Å²) < 4.78 is 0. The minimum absolute atomic E-state index is 0.0371. The van der Waals surface area contributed by atoms with E-state index < -0.39 is 0 Å². The Hall–Kier alpha value is -1.80. The van der Waals surface area contributed by atoms with Gasteiger partial charge in [0.1, 0.15) is 7.85 Å². The maximum absolute atomic E-state index is 12.4. The molecule has 8 heteroatoms. The lowest BCUT2D eigenvalue weighted by molar-refractivity contribution is -0.133. The second-order valence-electron chi connectivity index (χ2n) is 7.35. The average Bonchev–Trinajstić information content (AvgIpc) is 2.71. The second kappa shape index (κ2) is 10.7. The van der Waals surface area contributed by atoms with Crippen molar-refractivity contribution in [3.63, 3.8) is 0 Å². The van der Waals surface area contributed by atoms with Crippen molar-refractivity contribution in [2.75, 3.05) is 32.7 Å². The molecule has 0 unspecified atom stereocenters. The molecule has 1 N–H and O–H groups in total. The summed E-state index contributed by atoms with van der Waals surface area (Å²) in [7, 11) is 2.18. The quantitative estimate of drug-likeness (QED) is 0.557. The van der Waals surface area contributed by atoms with Crippen molar-refractivity contribution < 1.29 is 9.59 Å². The molecule has 1 saturated heterocycles. The van der Waals surface area contributed by atoms with Crippen LogP contribution in [0.4, 0.5) is 0 Å². The predicted octanol–water partition coefficient (Wildman–Crippen LogP) is 1.52. The number of amidine groups is 1. The van der Waals surface area contributed by atoms with Gasteiger partial charge in [0, 0.05) is 37.5 Å². The van der Waals surface area contributed by atoms with Crippen LogP contribution < -0.4 is 5.32 Å². The number of rotatable bonds is 7. The molecule has 0 radical (unpaired) electrons. The number of piperazine rings is 1. The number of carbonyl (C=O) groups is 2. The molecule has 150 valence electrons. The first kappa shape index (κ1) is 20.9. The smallest absolute Gasteiger partial charge is 0.240 e. The normalized spacial score (nSPS) is 17.0. The van der Waals surface area contributed by atoms with Gasteiger partial charge in [-0.15, -0.1) is 0 Å². The number of carbonyl (C=O) groups excluding carboxylic acids is 2. The van der Waals surface area contributed by atoms with Crippen LogP contribution >= 0.6 is 11.8 Å². The molecule has 1 aromatic carbocycles. The van der Waals surface area contributed by atoms with Crippen LogP contribution in [0.25, 0.3) is 0 Å². The van der Waals surface area contributed by atoms with Crippen molar-refractivity contribution in [3.05, 3.63) is 29.8 Å². The SMILES string of the molecule is BCCCCCC(=O)N1CCN(CC(=O)NC2=NCc3ccccc3S2)CC1. The molecule has 0 aliphatic carbocycles. The van der Waals surface area contributed by atoms with Gasteiger partial charge in [0.25, 0.3) is 0 Å². The van der Waals surface area contributed by atoms with Crippen molar-refractivity contribution >= 4 is 36.6 Å². The highest BCUT2D eigenvalue weighted by molar-refractivity contribution is 8.14. The lowest BCUT2D eigenvalue weighted by atomic mass is 9.99. The Labute approximate surface area is 172 Å². The molecule has 2 aliphatic rings. The standard InChI is InChI=1S/C20H29BN4O2S/c21-9-5-1-2-8-19(27)25-12-10-24(11-13-25)15-18(26)23-20-22-14-16-6-3-4-7-17(16)28-20/h3-4,6-7H,1-2,5,8-15,21H2,(H,22,23,26). The molecule has 2 aliphatic heterocycles. The number of hydrogen-bond acceptors (Lipinski definition) is 5. The van der Waals surface area contributed by atoms with Gasteiger partial charge in [-0.1, -0.05) is 49.1 Å². The van der Waals surface area contributed by atoms with Crippen molar-refractivity contribution in [1.82, 2.24) is 15.1 Å². The van der Waals surface area contributed by atoms with E-state index in [1.165, 1.54) is 30.1 Å². The van der Waals surface area contributed by atoms with Gasteiger partial charge in [-0.2, -0.15) is 0 Å². The van der Waals surface area contributed by atoms with Gasteiger partial charge in [-0.25, -0.2) is 0 Å². The number of hydrogen-bond donors (Lipinski definition) is 1. The topological polar surface area (TPSA) is 65.0 Å². The Kier molecular flexibility index (Phi) is 7.97. The van der Waals surface area contributed by atoms with Crippen LogP contribution in [-0.2, 0) is 16.1 Å². The predicted molar refractivity (Wildman–Crippen MR) is 116 cm³/mol. The van der Waals surface area contributed by atoms with E-state index in [0.29, 0.717) is 37.8 Å². The van der Waals surface area contributed by atoms with Crippen LogP contribution in [0, 0.1) is 0 Å². The van der Waals surface area contributed by atoms with E-state index in [2.05, 4.69) is 35.2 Å². The number of aliphatic imine (C=N–C) groups is 1. The van der Waals surface area contributed by atoms with Crippen LogP contribution in [0.2, 0.25) is 6.32 Å². The van der Waals surface area contributed by atoms with E-state index in [1.807, 2.05) is 17.0 Å². The van der Waals surface area contributed by atoms with E-state index >= 15 is 0 Å². The first-order chi connectivity index (χ1) is 13.7. The van der Waals surface area contributed by atoms with E-state index in [0.717, 1.165) is 30.8 Å². The van der Waals surface area contributed by atoms with Gasteiger partial charge in [0.15, 0.2) is 5.17 Å². The highest BCUT2D eigenvalue weighted by atomic mass is 32.2. The molecular formula is C20H29BN4O2S. The monoisotopic (exact) mass is 400 g/mol. The molecule has 2 heterocycles. The number of benzene rings is 1. The maximum atomic E-state index is 12.4. The van der Waals surface area contributed by atoms with Gasteiger partial charge < -0.3 is 10.2 Å². The summed E-state index contributed by atoms with van der Waals surface area (Å²) in [6, 6.07) is 8.13. The summed E-state index contributed by atoms with van der Waals surface area (Å²) >= 11 is 1.51. The minimum atomic E-state index is -0.0371. The van der Waals surface area contributed by atoms with E-state index in [9.17, 15) is 9.59 Å². The lowest BCUT2D eigenvalue weighted by Gasteiger charge is -2.34. The third-order valence-corrected chi connectivity index (χ3v) is 6.20. The number of amides is 2. The average molecular weight is 400 g/mol. The fourth-order valence-corrected chi connectivity index (χ4v) is 4.38. The van der Waals surface area contributed by atoms with Crippen molar-refractivity contribution in [1.29, 1.82) is 0 Å². The molecule has 28 heavy (non-hydrogen) atoms. The maximum Gasteiger partial charge on any atom is 0.240 e. The lowest BCUT2D eigenvalue weighted by Crippen LogP contribution is -2.51. The third-order valence-electron chi connectivity index (χ3n) is 5.16. The first-order valence-electron chi connectivity index (χ1n) is 10.3. The molecular weight excluding hydrogens is 371 g/mol. The Morgan fingerprint density at radius 1 is 1.11 bits per heavy atom. The first-order valence-corrected chi connectivity index (χ1v) is 11.1. The fraction of sp³-hybridized carbons (Fsp3) is 0.550. The largest absolute Gasteiger partial charge is 0.340 e. The van der Waals surface area contributed by atoms with E-state index in [1.54, 1.807) is 0 Å². The summed E-state index contributed by atoms with van der Waals surface area (Å²) in [6.07, 6.45) is 5.16. The molecule has 0 atom stereocenters. The van der Waals surface area contributed by atoms with E-state index in [-0.39, 0.29) is 11.8 Å². The van der Waals surface area contributed by atoms with Crippen LogP contribution in [0.5, 0.6) is 0 Å². The fourth-order valence-electron chi connectivity index (χ4n) is 3.47. The Morgan fingerprint density at radius 3 is 2.68 bits per heavy atom. The third kappa shape index (κ3) is 6.11. The van der Waals surface area contributed by atoms with Crippen molar-refractivity contribution in [2.24, 2.45) is 4.99 Å². The highest BCUT2D eigenvalue weighted by Gasteiger charge is 2.23. The molecule has 0 aromatic heterocycles. The molecule has 0 saturated carbocycles. The zero-order valence-corrected chi connectivity index (χ0v) is 17.5. The van der Waals surface area contributed by atoms with Gasteiger partial charge in [0.2, 0.25) is 11.8 Å². The number of thioether (sulfide) groups is 1. The van der Waals surface area contributed by atoms with Crippen LogP contribution in [0.15, 0.2) is 34.2 Å². The molecule has 1 fully saturated rings. The molecule has 0 bridgehead atoms. The van der Waals surface area contributed by atoms with Crippen LogP contribution in [-0.4, -0.2) is 67.4 Å². The number of fused-ring (bicyclic) bond motifs is 1. The molecule has 0 spiro atoms. The van der Waals surface area contributed by atoms with Crippen LogP contribution in [0.1, 0.15) is 31.2 Å². The van der Waals surface area contributed by atoms with Gasteiger partial charge in [-0.05, 0) is 18.1 Å². The van der Waals surface area contributed by atoms with Gasteiger partial charge in [-0.3, -0.25) is 19.5 Å². The zero-order chi connectivity index (χ0) is 19.8. The Bertz CT molecular complexity index is 720. The highest BCUT2D eigenvalue weighted by Crippen LogP contribution is 2.27. The minimum Gasteiger partial charge on any atom is -0.340 e. The van der Waals surface area contributed by atoms with Gasteiger partial charge >= 0.3 is 0 Å². The number of nitrogens with one attached hydrogen (secondary N) is 1. The number of unbranched alkanes of at least 4 members (excludes halogenated alkanes) is 2. The molecule has 1 aromatic rings. The summed E-state index contributed by atoms with van der Waals surface area (Å²) in [5.41, 5.74) is 1.20.